The van der Waals surface area contributed by atoms with E-state index in [1.807, 2.05) is 0 Å². The predicted molar refractivity (Wildman–Crippen MR) is 95.7 cm³/mol. The molecule has 0 fully saturated rings. The van der Waals surface area contributed by atoms with Crippen LogP contribution in [-0.2, 0) is 28.8 Å². The van der Waals surface area contributed by atoms with Crippen molar-refractivity contribution in [3.05, 3.63) is 51.7 Å². The van der Waals surface area contributed by atoms with Crippen molar-refractivity contribution in [2.45, 2.75) is 39.0 Å². The van der Waals surface area contributed by atoms with Crippen molar-refractivity contribution in [1.82, 2.24) is 0 Å². The lowest BCUT2D eigenvalue weighted by atomic mass is 9.95. The van der Waals surface area contributed by atoms with Gasteiger partial charge < -0.3 is 10.1 Å². The van der Waals surface area contributed by atoms with Gasteiger partial charge in [-0.25, -0.2) is 9.18 Å². The zero-order valence-electron chi connectivity index (χ0n) is 14.1. The van der Waals surface area contributed by atoms with Crippen LogP contribution < -0.4 is 5.32 Å². The number of rotatable bonds is 5. The molecule has 0 spiro atoms. The normalized spacial score (nSPS) is 13.2. The first-order chi connectivity index (χ1) is 12.1. The number of nitrogens with one attached hydrogen (secondary N) is 1. The molecule has 1 aromatic carbocycles. The molecule has 6 heteroatoms. The smallest absolute Gasteiger partial charge is 0.341 e. The fraction of sp³-hybridized carbons (Fsp3) is 0.368. The van der Waals surface area contributed by atoms with E-state index in [1.165, 1.54) is 23.5 Å². The number of thiophene rings is 1. The molecule has 1 aliphatic rings. The van der Waals surface area contributed by atoms with Gasteiger partial charge in [-0.05, 0) is 55.9 Å². The molecule has 1 amide bonds. The third kappa shape index (κ3) is 4.07. The molecule has 0 saturated carbocycles. The first kappa shape index (κ1) is 17.6. The van der Waals surface area contributed by atoms with E-state index in [4.69, 9.17) is 4.74 Å². The Morgan fingerprint density at radius 3 is 2.64 bits per heavy atom. The molecule has 3 rings (SSSR count). The number of amides is 1. The van der Waals surface area contributed by atoms with Crippen LogP contribution >= 0.6 is 11.3 Å². The van der Waals surface area contributed by atoms with Gasteiger partial charge in [0.2, 0.25) is 5.91 Å². The van der Waals surface area contributed by atoms with Gasteiger partial charge >= 0.3 is 5.97 Å². The maximum Gasteiger partial charge on any atom is 0.341 e. The summed E-state index contributed by atoms with van der Waals surface area (Å²) in [7, 11) is 0. The fourth-order valence-electron chi connectivity index (χ4n) is 3.03. The molecule has 132 valence electrons. The summed E-state index contributed by atoms with van der Waals surface area (Å²) in [5, 5.41) is 3.42. The highest BCUT2D eigenvalue weighted by molar-refractivity contribution is 7.17. The molecule has 0 radical (unpaired) electrons. The number of esters is 1. The molecule has 1 N–H and O–H groups in total. The van der Waals surface area contributed by atoms with Gasteiger partial charge in [-0.2, -0.15) is 0 Å². The zero-order valence-corrected chi connectivity index (χ0v) is 14.9. The predicted octanol–water partition coefficient (Wildman–Crippen LogP) is 4.12. The van der Waals surface area contributed by atoms with E-state index in [1.54, 1.807) is 19.1 Å². The highest BCUT2D eigenvalue weighted by atomic mass is 32.1. The molecule has 0 aliphatic heterocycles. The quantitative estimate of drug-likeness (QED) is 0.815. The van der Waals surface area contributed by atoms with Gasteiger partial charge in [0.05, 0.1) is 18.6 Å². The topological polar surface area (TPSA) is 55.4 Å². The molecule has 4 nitrogen and oxygen atoms in total. The maximum absolute atomic E-state index is 13.0. The highest BCUT2D eigenvalue weighted by Gasteiger charge is 2.27. The van der Waals surface area contributed by atoms with Gasteiger partial charge in [0, 0.05) is 4.88 Å². The molecule has 0 bridgehead atoms. The number of ether oxygens (including phenoxy) is 1. The number of hydrogen-bond acceptors (Lipinski definition) is 4. The summed E-state index contributed by atoms with van der Waals surface area (Å²) >= 11 is 1.46. The minimum Gasteiger partial charge on any atom is -0.462 e. The van der Waals surface area contributed by atoms with E-state index in [0.717, 1.165) is 41.7 Å². The van der Waals surface area contributed by atoms with Crippen LogP contribution in [0.2, 0.25) is 0 Å². The van der Waals surface area contributed by atoms with Crippen molar-refractivity contribution < 1.29 is 18.7 Å². The lowest BCUT2D eigenvalue weighted by Crippen LogP contribution is -2.17. The van der Waals surface area contributed by atoms with E-state index < -0.39 is 0 Å². The van der Waals surface area contributed by atoms with Crippen molar-refractivity contribution in [1.29, 1.82) is 0 Å². The first-order valence-corrected chi connectivity index (χ1v) is 9.26. The Hall–Kier alpha value is -2.21. The number of benzene rings is 1. The van der Waals surface area contributed by atoms with Gasteiger partial charge in [-0.3, -0.25) is 4.79 Å². The summed E-state index contributed by atoms with van der Waals surface area (Å²) in [6.07, 6.45) is 4.04. The second kappa shape index (κ2) is 7.78. The van der Waals surface area contributed by atoms with Crippen LogP contribution in [0.1, 0.15) is 46.1 Å². The minimum absolute atomic E-state index is 0.130. The van der Waals surface area contributed by atoms with Gasteiger partial charge in [0.1, 0.15) is 10.8 Å². The van der Waals surface area contributed by atoms with Crippen LogP contribution in [0.5, 0.6) is 0 Å². The molecular formula is C19H20FNO3S. The summed E-state index contributed by atoms with van der Waals surface area (Å²) < 4.78 is 18.1. The zero-order chi connectivity index (χ0) is 17.8. The number of aryl methyl sites for hydroxylation is 1. The van der Waals surface area contributed by atoms with Crippen molar-refractivity contribution in [3.63, 3.8) is 0 Å². The second-order valence-electron chi connectivity index (χ2n) is 5.99. The largest absolute Gasteiger partial charge is 0.462 e. The van der Waals surface area contributed by atoms with Gasteiger partial charge in [0.25, 0.3) is 0 Å². The summed E-state index contributed by atoms with van der Waals surface area (Å²) in [5.74, 6) is -0.936. The van der Waals surface area contributed by atoms with Gasteiger partial charge in [-0.15, -0.1) is 11.3 Å². The average Bonchev–Trinajstić information content (AvgIpc) is 2.95. The molecule has 0 unspecified atom stereocenters. The van der Waals surface area contributed by atoms with E-state index in [9.17, 15) is 14.0 Å². The molecule has 25 heavy (non-hydrogen) atoms. The van der Waals surface area contributed by atoms with Crippen LogP contribution in [0.4, 0.5) is 9.39 Å². The van der Waals surface area contributed by atoms with Crippen LogP contribution in [0.3, 0.4) is 0 Å². The second-order valence-corrected chi connectivity index (χ2v) is 7.09. The molecular weight excluding hydrogens is 341 g/mol. The Bertz CT molecular complexity index is 783. The number of carbonyl (C=O) groups is 2. The molecule has 1 aromatic heterocycles. The first-order valence-electron chi connectivity index (χ1n) is 8.44. The molecule has 0 saturated heterocycles. The third-order valence-electron chi connectivity index (χ3n) is 4.18. The maximum atomic E-state index is 13.0. The van der Waals surface area contributed by atoms with Gasteiger partial charge in [0.15, 0.2) is 0 Å². The monoisotopic (exact) mass is 361 g/mol. The van der Waals surface area contributed by atoms with Crippen molar-refractivity contribution in [3.8, 4) is 0 Å². The summed E-state index contributed by atoms with van der Waals surface area (Å²) in [6.45, 7) is 2.07. The van der Waals surface area contributed by atoms with Crippen molar-refractivity contribution >= 4 is 28.2 Å². The van der Waals surface area contributed by atoms with Crippen LogP contribution in [-0.4, -0.2) is 18.5 Å². The Balaban J connectivity index is 1.81. The van der Waals surface area contributed by atoms with E-state index >= 15 is 0 Å². The highest BCUT2D eigenvalue weighted by Crippen LogP contribution is 2.38. The number of carbonyl (C=O) groups excluding carboxylic acids is 2. The number of fused-ring (bicyclic) bond motifs is 1. The summed E-state index contributed by atoms with van der Waals surface area (Å²) in [6, 6.07) is 5.83. The number of hydrogen-bond donors (Lipinski definition) is 1. The Morgan fingerprint density at radius 1 is 1.20 bits per heavy atom. The lowest BCUT2D eigenvalue weighted by molar-refractivity contribution is -0.115. The number of halogens is 1. The van der Waals surface area contributed by atoms with Crippen LogP contribution in [0.25, 0.3) is 0 Å². The van der Waals surface area contributed by atoms with Crippen molar-refractivity contribution in [2.75, 3.05) is 11.9 Å². The summed E-state index contributed by atoms with van der Waals surface area (Å²) in [4.78, 5) is 25.9. The average molecular weight is 361 g/mol. The lowest BCUT2D eigenvalue weighted by Gasteiger charge is -2.12. The minimum atomic E-state index is -0.376. The molecule has 2 aromatic rings. The SMILES string of the molecule is CCOC(=O)c1c(NC(=O)Cc2ccc(F)cc2)sc2c1CCCC2. The van der Waals surface area contributed by atoms with E-state index in [0.29, 0.717) is 17.2 Å². The Labute approximate surface area is 150 Å². The van der Waals surface area contributed by atoms with E-state index in [2.05, 4.69) is 5.32 Å². The van der Waals surface area contributed by atoms with Crippen LogP contribution in [0, 0.1) is 5.82 Å². The molecule has 1 heterocycles. The molecule has 1 aliphatic carbocycles. The standard InChI is InChI=1S/C19H20FNO3S/c1-2-24-19(23)17-14-5-3-4-6-15(14)25-18(17)21-16(22)11-12-7-9-13(20)10-8-12/h7-10H,2-6,11H2,1H3,(H,21,22). The van der Waals surface area contributed by atoms with Crippen LogP contribution in [0.15, 0.2) is 24.3 Å². The third-order valence-corrected chi connectivity index (χ3v) is 5.39. The van der Waals surface area contributed by atoms with Crippen molar-refractivity contribution in [2.24, 2.45) is 0 Å². The fourth-order valence-corrected chi connectivity index (χ4v) is 4.33. The van der Waals surface area contributed by atoms with E-state index in [-0.39, 0.29) is 24.1 Å². The Kier molecular flexibility index (Phi) is 5.48. The summed E-state index contributed by atoms with van der Waals surface area (Å²) in [5.41, 5.74) is 2.25. The Morgan fingerprint density at radius 2 is 1.92 bits per heavy atom. The molecule has 0 atom stereocenters. The van der Waals surface area contributed by atoms with Gasteiger partial charge in [-0.1, -0.05) is 12.1 Å². The number of anilines is 1.